The average molecular weight is 457 g/mol. The lowest BCUT2D eigenvalue weighted by molar-refractivity contribution is -0.125. The number of carbonyl (C=O) groups is 1. The van der Waals surface area contributed by atoms with Gasteiger partial charge in [0.15, 0.2) is 0 Å². The van der Waals surface area contributed by atoms with E-state index >= 15 is 0 Å². The summed E-state index contributed by atoms with van der Waals surface area (Å²) in [5, 5.41) is 12.8. The molecule has 8 nitrogen and oxygen atoms in total. The standard InChI is InChI=1S/C20H25ClN2O6S/c1-5-29-17-10-13(22-20(25)19(24)12(2)3)7-9-18(17)30(26,27)23-14-6-8-15(21)16(11-14)28-4/h6-12,19,23-24H,5H2,1-4H3,(H,22,25)/t19-/m0/s1. The Morgan fingerprint density at radius 3 is 2.37 bits per heavy atom. The van der Waals surface area contributed by atoms with Crippen molar-refractivity contribution in [1.82, 2.24) is 0 Å². The number of rotatable bonds is 9. The molecule has 0 aliphatic rings. The van der Waals surface area contributed by atoms with Gasteiger partial charge in [-0.3, -0.25) is 9.52 Å². The minimum Gasteiger partial charge on any atom is -0.495 e. The van der Waals surface area contributed by atoms with Crippen molar-refractivity contribution >= 4 is 38.9 Å². The number of aliphatic hydroxyl groups excluding tert-OH is 1. The highest BCUT2D eigenvalue weighted by molar-refractivity contribution is 7.92. The number of hydrogen-bond donors (Lipinski definition) is 3. The average Bonchev–Trinajstić information content (AvgIpc) is 2.68. The molecule has 30 heavy (non-hydrogen) atoms. The molecule has 0 aliphatic heterocycles. The van der Waals surface area contributed by atoms with Gasteiger partial charge < -0.3 is 19.9 Å². The number of nitrogens with one attached hydrogen (secondary N) is 2. The van der Waals surface area contributed by atoms with Crippen LogP contribution in [0.2, 0.25) is 5.02 Å². The zero-order valence-electron chi connectivity index (χ0n) is 17.1. The molecule has 164 valence electrons. The van der Waals surface area contributed by atoms with Crippen molar-refractivity contribution in [1.29, 1.82) is 0 Å². The van der Waals surface area contributed by atoms with Crippen LogP contribution in [-0.2, 0) is 14.8 Å². The van der Waals surface area contributed by atoms with Crippen LogP contribution in [0.15, 0.2) is 41.3 Å². The third kappa shape index (κ3) is 5.78. The van der Waals surface area contributed by atoms with Crippen molar-refractivity contribution in [3.05, 3.63) is 41.4 Å². The summed E-state index contributed by atoms with van der Waals surface area (Å²) in [6.45, 7) is 5.34. The Labute approximate surface area is 181 Å². The van der Waals surface area contributed by atoms with Gasteiger partial charge in [-0.05, 0) is 37.1 Å². The van der Waals surface area contributed by atoms with E-state index < -0.39 is 22.0 Å². The van der Waals surface area contributed by atoms with E-state index in [2.05, 4.69) is 10.0 Å². The van der Waals surface area contributed by atoms with Crippen LogP contribution < -0.4 is 19.5 Å². The van der Waals surface area contributed by atoms with Crippen molar-refractivity contribution in [3.63, 3.8) is 0 Å². The molecule has 0 aliphatic carbocycles. The van der Waals surface area contributed by atoms with Crippen LogP contribution in [0.3, 0.4) is 0 Å². The quantitative estimate of drug-likeness (QED) is 0.532. The van der Waals surface area contributed by atoms with Gasteiger partial charge in [0, 0.05) is 17.8 Å². The zero-order valence-corrected chi connectivity index (χ0v) is 18.7. The van der Waals surface area contributed by atoms with E-state index in [1.165, 1.54) is 43.5 Å². The molecule has 2 aromatic carbocycles. The van der Waals surface area contributed by atoms with Gasteiger partial charge >= 0.3 is 0 Å². The molecule has 0 bridgehead atoms. The van der Waals surface area contributed by atoms with E-state index in [1.54, 1.807) is 20.8 Å². The van der Waals surface area contributed by atoms with Crippen LogP contribution >= 0.6 is 11.6 Å². The summed E-state index contributed by atoms with van der Waals surface area (Å²) >= 11 is 5.98. The van der Waals surface area contributed by atoms with E-state index in [0.29, 0.717) is 16.5 Å². The Morgan fingerprint density at radius 1 is 1.13 bits per heavy atom. The first kappa shape index (κ1) is 23.8. The van der Waals surface area contributed by atoms with E-state index in [-0.39, 0.29) is 28.9 Å². The summed E-state index contributed by atoms with van der Waals surface area (Å²) in [7, 11) is -2.59. The van der Waals surface area contributed by atoms with Gasteiger partial charge in [-0.15, -0.1) is 0 Å². The van der Waals surface area contributed by atoms with Gasteiger partial charge in [0.2, 0.25) is 0 Å². The largest absolute Gasteiger partial charge is 0.495 e. The Balaban J connectivity index is 2.34. The Bertz CT molecular complexity index is 1010. The second kappa shape index (κ2) is 10.0. The van der Waals surface area contributed by atoms with Crippen molar-refractivity contribution in [3.8, 4) is 11.5 Å². The lowest BCUT2D eigenvalue weighted by Crippen LogP contribution is -2.31. The molecule has 1 amide bonds. The first-order chi connectivity index (χ1) is 14.1. The van der Waals surface area contributed by atoms with Gasteiger partial charge in [0.05, 0.1) is 24.4 Å². The Hall–Kier alpha value is -2.49. The normalized spacial score (nSPS) is 12.4. The van der Waals surface area contributed by atoms with Gasteiger partial charge in [0.1, 0.15) is 22.5 Å². The summed E-state index contributed by atoms with van der Waals surface area (Å²) in [6, 6.07) is 8.61. The molecule has 0 unspecified atom stereocenters. The SMILES string of the molecule is CCOc1cc(NC(=O)[C@@H](O)C(C)C)ccc1S(=O)(=O)Nc1ccc(Cl)c(OC)c1. The minimum absolute atomic E-state index is 0.0581. The Morgan fingerprint density at radius 2 is 1.77 bits per heavy atom. The van der Waals surface area contributed by atoms with Gasteiger partial charge in [-0.1, -0.05) is 25.4 Å². The van der Waals surface area contributed by atoms with E-state index in [4.69, 9.17) is 21.1 Å². The number of halogens is 1. The molecular formula is C20H25ClN2O6S. The summed E-state index contributed by atoms with van der Waals surface area (Å²) in [5.74, 6) is -0.475. The number of hydrogen-bond acceptors (Lipinski definition) is 6. The molecule has 0 saturated carbocycles. The van der Waals surface area contributed by atoms with Crippen molar-refractivity contribution < 1.29 is 27.8 Å². The number of carbonyl (C=O) groups excluding carboxylic acids is 1. The zero-order chi connectivity index (χ0) is 22.5. The highest BCUT2D eigenvalue weighted by Crippen LogP contribution is 2.32. The predicted molar refractivity (Wildman–Crippen MR) is 116 cm³/mol. The lowest BCUT2D eigenvalue weighted by atomic mass is 10.1. The first-order valence-electron chi connectivity index (χ1n) is 9.21. The molecule has 2 aromatic rings. The number of amides is 1. The molecule has 0 heterocycles. The van der Waals surface area contributed by atoms with Crippen LogP contribution in [0.5, 0.6) is 11.5 Å². The summed E-state index contributed by atoms with van der Waals surface area (Å²) in [4.78, 5) is 12.0. The topological polar surface area (TPSA) is 114 Å². The molecule has 0 fully saturated rings. The molecule has 1 atom stereocenters. The fourth-order valence-electron chi connectivity index (χ4n) is 2.53. The van der Waals surface area contributed by atoms with Crippen LogP contribution in [0.25, 0.3) is 0 Å². The summed E-state index contributed by atoms with van der Waals surface area (Å²) < 4.78 is 38.9. The number of sulfonamides is 1. The van der Waals surface area contributed by atoms with Crippen molar-refractivity contribution in [2.24, 2.45) is 5.92 Å². The molecule has 0 spiro atoms. The molecular weight excluding hydrogens is 432 g/mol. The number of aliphatic hydroxyl groups is 1. The third-order valence-electron chi connectivity index (χ3n) is 4.10. The fraction of sp³-hybridized carbons (Fsp3) is 0.350. The van der Waals surface area contributed by atoms with Crippen LogP contribution in [-0.4, -0.2) is 39.3 Å². The third-order valence-corrected chi connectivity index (χ3v) is 5.84. The molecule has 0 radical (unpaired) electrons. The summed E-state index contributed by atoms with van der Waals surface area (Å²) in [5.41, 5.74) is 0.561. The fourth-order valence-corrected chi connectivity index (χ4v) is 3.90. The maximum Gasteiger partial charge on any atom is 0.265 e. The van der Waals surface area contributed by atoms with Crippen LogP contribution in [0.1, 0.15) is 20.8 Å². The van der Waals surface area contributed by atoms with Crippen LogP contribution in [0, 0.1) is 5.92 Å². The second-order valence-electron chi connectivity index (χ2n) is 6.73. The molecule has 2 rings (SSSR count). The van der Waals surface area contributed by atoms with E-state index in [9.17, 15) is 18.3 Å². The number of methoxy groups -OCH3 is 1. The van der Waals surface area contributed by atoms with Crippen LogP contribution in [0.4, 0.5) is 11.4 Å². The molecule has 0 aromatic heterocycles. The van der Waals surface area contributed by atoms with E-state index in [0.717, 1.165) is 0 Å². The number of benzene rings is 2. The Kier molecular flexibility index (Phi) is 7.94. The smallest absolute Gasteiger partial charge is 0.265 e. The monoisotopic (exact) mass is 456 g/mol. The van der Waals surface area contributed by atoms with Gasteiger partial charge in [-0.25, -0.2) is 8.42 Å². The van der Waals surface area contributed by atoms with Crippen molar-refractivity contribution in [2.45, 2.75) is 31.8 Å². The molecule has 0 saturated heterocycles. The number of ether oxygens (including phenoxy) is 2. The second-order valence-corrected chi connectivity index (χ2v) is 8.79. The maximum absolute atomic E-state index is 12.9. The minimum atomic E-state index is -4.01. The highest BCUT2D eigenvalue weighted by Gasteiger charge is 2.23. The van der Waals surface area contributed by atoms with Gasteiger partial charge in [-0.2, -0.15) is 0 Å². The summed E-state index contributed by atoms with van der Waals surface area (Å²) in [6.07, 6.45) is -1.19. The highest BCUT2D eigenvalue weighted by atomic mass is 35.5. The van der Waals surface area contributed by atoms with Crippen molar-refractivity contribution in [2.75, 3.05) is 23.8 Å². The van der Waals surface area contributed by atoms with Gasteiger partial charge in [0.25, 0.3) is 15.9 Å². The van der Waals surface area contributed by atoms with E-state index in [1.807, 2.05) is 0 Å². The first-order valence-corrected chi connectivity index (χ1v) is 11.1. The molecule has 3 N–H and O–H groups in total. The lowest BCUT2D eigenvalue weighted by Gasteiger charge is -2.17. The predicted octanol–water partition coefficient (Wildman–Crippen LogP) is 3.50. The molecule has 10 heteroatoms. The maximum atomic E-state index is 12.9. The number of anilines is 2.